The van der Waals surface area contributed by atoms with Crippen LogP contribution in [-0.4, -0.2) is 49.3 Å². The fraction of sp³-hybridized carbons (Fsp3) is 0.667. The van der Waals surface area contributed by atoms with Gasteiger partial charge < -0.3 is 20.1 Å². The molecule has 0 spiro atoms. The lowest BCUT2D eigenvalue weighted by atomic mass is 10.0. The van der Waals surface area contributed by atoms with E-state index in [9.17, 15) is 19.0 Å². The first-order chi connectivity index (χ1) is 25.3. The molecule has 0 heterocycles. The Morgan fingerprint density at radius 3 is 1.54 bits per heavy atom. The molecule has 0 radical (unpaired) electrons. The maximum Gasteiger partial charge on any atom is 0.472 e. The number of nitrogens with two attached hydrogens (primary N) is 1. The van der Waals surface area contributed by atoms with E-state index in [1.165, 1.54) is 51.4 Å². The fourth-order valence-corrected chi connectivity index (χ4v) is 5.72. The SMILES string of the molecule is CCC=CCC=CCC=CCC=CCC=CCC=CCCC(=O)OC[C@H](COP(=O)(O)OCCN)OC(=O)CCCCCCCCCCCCCC. The number of unbranched alkanes of at least 4 members (excludes halogenated alkanes) is 11. The van der Waals surface area contributed by atoms with Gasteiger partial charge in [0.05, 0.1) is 13.2 Å². The van der Waals surface area contributed by atoms with Crippen LogP contribution in [0.4, 0.5) is 0 Å². The summed E-state index contributed by atoms with van der Waals surface area (Å²) in [6.07, 6.45) is 45.2. The van der Waals surface area contributed by atoms with Crippen LogP contribution < -0.4 is 5.73 Å². The molecule has 0 rings (SSSR count). The number of carbonyl (C=O) groups excluding carboxylic acids is 2. The largest absolute Gasteiger partial charge is 0.472 e. The van der Waals surface area contributed by atoms with Gasteiger partial charge >= 0.3 is 19.8 Å². The van der Waals surface area contributed by atoms with Crippen LogP contribution in [0.3, 0.4) is 0 Å². The number of esters is 2. The highest BCUT2D eigenvalue weighted by atomic mass is 31.2. The molecular weight excluding hydrogens is 677 g/mol. The van der Waals surface area contributed by atoms with Gasteiger partial charge in [0.15, 0.2) is 6.10 Å². The van der Waals surface area contributed by atoms with Gasteiger partial charge in [0.2, 0.25) is 0 Å². The lowest BCUT2D eigenvalue weighted by Crippen LogP contribution is -2.29. The molecule has 0 saturated heterocycles. The van der Waals surface area contributed by atoms with Crippen molar-refractivity contribution in [3.8, 4) is 0 Å². The summed E-state index contributed by atoms with van der Waals surface area (Å²) >= 11 is 0. The van der Waals surface area contributed by atoms with E-state index in [2.05, 4.69) is 74.6 Å². The zero-order chi connectivity index (χ0) is 38.2. The van der Waals surface area contributed by atoms with E-state index in [0.717, 1.165) is 57.8 Å². The maximum atomic E-state index is 12.5. The summed E-state index contributed by atoms with van der Waals surface area (Å²) in [6, 6.07) is 0. The van der Waals surface area contributed by atoms with Crippen molar-refractivity contribution in [2.45, 2.75) is 155 Å². The number of rotatable bonds is 36. The quantitative estimate of drug-likeness (QED) is 0.0278. The Morgan fingerprint density at radius 1 is 0.596 bits per heavy atom. The Labute approximate surface area is 316 Å². The molecule has 0 saturated carbocycles. The van der Waals surface area contributed by atoms with Crippen LogP contribution in [0.15, 0.2) is 72.9 Å². The number of phosphoric acid groups is 1. The van der Waals surface area contributed by atoms with Gasteiger partial charge in [-0.25, -0.2) is 4.57 Å². The number of carbonyl (C=O) groups is 2. The molecule has 0 aliphatic rings. The van der Waals surface area contributed by atoms with Crippen molar-refractivity contribution in [3.05, 3.63) is 72.9 Å². The smallest absolute Gasteiger partial charge is 0.462 e. The minimum atomic E-state index is -4.39. The fourth-order valence-electron chi connectivity index (χ4n) is 4.95. The standard InChI is InChI=1S/C42H72NO8P/c1-3-5-7-9-11-13-15-17-18-19-20-21-22-23-25-26-28-30-32-34-41(44)48-38-40(39-50-52(46,47)49-37-36-43)51-42(45)35-33-31-29-27-24-16-14-12-10-8-6-4-2/h5,7,11,13,17-18,20-21,23,25,28,30,40H,3-4,6,8-10,12,14-16,19,22,24,26-27,29,31-39,43H2,1-2H3,(H,46,47)/t40-/m1/s1. The summed E-state index contributed by atoms with van der Waals surface area (Å²) in [7, 11) is -4.39. The second-order valence-corrected chi connectivity index (χ2v) is 14.2. The van der Waals surface area contributed by atoms with Crippen molar-refractivity contribution in [1.82, 2.24) is 0 Å². The van der Waals surface area contributed by atoms with Crippen molar-refractivity contribution in [1.29, 1.82) is 0 Å². The van der Waals surface area contributed by atoms with Gasteiger partial charge in [0.1, 0.15) is 6.61 Å². The predicted molar refractivity (Wildman–Crippen MR) is 215 cm³/mol. The van der Waals surface area contributed by atoms with E-state index in [1.54, 1.807) is 0 Å². The lowest BCUT2D eigenvalue weighted by molar-refractivity contribution is -0.161. The third-order valence-electron chi connectivity index (χ3n) is 7.87. The molecule has 0 amide bonds. The van der Waals surface area contributed by atoms with Gasteiger partial charge in [-0.2, -0.15) is 0 Å². The molecule has 0 aliphatic heterocycles. The number of hydrogen-bond donors (Lipinski definition) is 2. The van der Waals surface area contributed by atoms with E-state index in [-0.39, 0.29) is 32.6 Å². The van der Waals surface area contributed by atoms with Crippen LogP contribution in [0.5, 0.6) is 0 Å². The Morgan fingerprint density at radius 2 is 1.06 bits per heavy atom. The zero-order valence-corrected chi connectivity index (χ0v) is 33.4. The van der Waals surface area contributed by atoms with Crippen LogP contribution in [0, 0.1) is 0 Å². The van der Waals surface area contributed by atoms with Crippen LogP contribution in [0.1, 0.15) is 149 Å². The minimum Gasteiger partial charge on any atom is -0.462 e. The van der Waals surface area contributed by atoms with Gasteiger partial charge in [0, 0.05) is 19.4 Å². The van der Waals surface area contributed by atoms with Gasteiger partial charge in [0.25, 0.3) is 0 Å². The van der Waals surface area contributed by atoms with Crippen molar-refractivity contribution in [2.24, 2.45) is 5.73 Å². The summed E-state index contributed by atoms with van der Waals surface area (Å²) in [5, 5.41) is 0. The molecule has 10 heteroatoms. The summed E-state index contributed by atoms with van der Waals surface area (Å²) in [4.78, 5) is 34.7. The first-order valence-corrected chi connectivity index (χ1v) is 21.4. The van der Waals surface area contributed by atoms with Gasteiger partial charge in [-0.15, -0.1) is 0 Å². The number of ether oxygens (including phenoxy) is 2. The molecule has 0 aromatic carbocycles. The molecule has 9 nitrogen and oxygen atoms in total. The van der Waals surface area contributed by atoms with Crippen molar-refractivity contribution in [3.63, 3.8) is 0 Å². The van der Waals surface area contributed by atoms with Gasteiger partial charge in [-0.1, -0.05) is 157 Å². The predicted octanol–water partition coefficient (Wildman–Crippen LogP) is 11.1. The van der Waals surface area contributed by atoms with Crippen molar-refractivity contribution < 1.29 is 37.6 Å². The van der Waals surface area contributed by atoms with Crippen LogP contribution in [0.25, 0.3) is 0 Å². The highest BCUT2D eigenvalue weighted by Gasteiger charge is 2.25. The van der Waals surface area contributed by atoms with E-state index >= 15 is 0 Å². The molecule has 298 valence electrons. The first-order valence-electron chi connectivity index (χ1n) is 19.9. The molecule has 0 aliphatic carbocycles. The number of hydrogen-bond acceptors (Lipinski definition) is 8. The molecule has 0 bridgehead atoms. The van der Waals surface area contributed by atoms with Crippen molar-refractivity contribution >= 4 is 19.8 Å². The molecule has 0 fully saturated rings. The lowest BCUT2D eigenvalue weighted by Gasteiger charge is -2.19. The molecule has 0 aromatic rings. The van der Waals surface area contributed by atoms with Crippen molar-refractivity contribution in [2.75, 3.05) is 26.4 Å². The normalized spacial score (nSPS) is 14.2. The van der Waals surface area contributed by atoms with E-state index in [0.29, 0.717) is 12.8 Å². The molecular formula is C42H72NO8P. The molecule has 1 unspecified atom stereocenters. The first kappa shape index (κ1) is 49.5. The summed E-state index contributed by atoms with van der Waals surface area (Å²) in [6.45, 7) is 3.50. The molecule has 2 atom stereocenters. The Kier molecular flexibility index (Phi) is 36.3. The minimum absolute atomic E-state index is 0.0414. The molecule has 3 N–H and O–H groups in total. The summed E-state index contributed by atoms with van der Waals surface area (Å²) in [5.74, 6) is -0.932. The Balaban J connectivity index is 4.33. The van der Waals surface area contributed by atoms with E-state index in [4.69, 9.17) is 24.3 Å². The van der Waals surface area contributed by atoms with E-state index in [1.807, 2.05) is 12.2 Å². The maximum absolute atomic E-state index is 12.5. The van der Waals surface area contributed by atoms with Crippen LogP contribution in [0.2, 0.25) is 0 Å². The topological polar surface area (TPSA) is 134 Å². The van der Waals surface area contributed by atoms with E-state index < -0.39 is 32.5 Å². The monoisotopic (exact) mass is 749 g/mol. The Bertz CT molecular complexity index is 1080. The second-order valence-electron chi connectivity index (χ2n) is 12.8. The van der Waals surface area contributed by atoms with Crippen LogP contribution in [-0.2, 0) is 32.7 Å². The molecule has 52 heavy (non-hydrogen) atoms. The van der Waals surface area contributed by atoms with Gasteiger partial charge in [-0.05, 0) is 51.4 Å². The average Bonchev–Trinajstić information content (AvgIpc) is 3.13. The Hall–Kier alpha value is -2.55. The second kappa shape index (κ2) is 38.2. The summed E-state index contributed by atoms with van der Waals surface area (Å²) in [5.41, 5.74) is 5.33. The average molecular weight is 750 g/mol. The zero-order valence-electron chi connectivity index (χ0n) is 32.5. The van der Waals surface area contributed by atoms with Crippen LogP contribution >= 0.6 is 7.82 Å². The number of phosphoric ester groups is 1. The number of allylic oxidation sites excluding steroid dienone is 12. The highest BCUT2D eigenvalue weighted by Crippen LogP contribution is 2.43. The highest BCUT2D eigenvalue weighted by molar-refractivity contribution is 7.47. The molecule has 0 aromatic heterocycles. The summed E-state index contributed by atoms with van der Waals surface area (Å²) < 4.78 is 32.6. The third kappa shape index (κ3) is 37.2. The van der Waals surface area contributed by atoms with Gasteiger partial charge in [-0.3, -0.25) is 18.6 Å². The third-order valence-corrected chi connectivity index (χ3v) is 8.85.